The Morgan fingerprint density at radius 2 is 1.82 bits per heavy atom. The molecular weight excluding hydrogens is 480 g/mol. The summed E-state index contributed by atoms with van der Waals surface area (Å²) in [6.45, 7) is 5.56. The molecule has 9 heteroatoms. The van der Waals surface area contributed by atoms with E-state index in [1.807, 2.05) is 48.8 Å². The molecule has 1 saturated heterocycles. The van der Waals surface area contributed by atoms with Crippen LogP contribution in [0.2, 0.25) is 0 Å². The van der Waals surface area contributed by atoms with Crippen molar-refractivity contribution in [1.82, 2.24) is 18.7 Å². The van der Waals surface area contributed by atoms with E-state index in [2.05, 4.69) is 4.90 Å². The van der Waals surface area contributed by atoms with Gasteiger partial charge in [0.15, 0.2) is 16.9 Å². The van der Waals surface area contributed by atoms with E-state index in [-0.39, 0.29) is 18.4 Å². The summed E-state index contributed by atoms with van der Waals surface area (Å²) in [6, 6.07) is 7.66. The molecule has 1 unspecified atom stereocenters. The van der Waals surface area contributed by atoms with Crippen LogP contribution in [-0.2, 0) is 20.1 Å². The van der Waals surface area contributed by atoms with Gasteiger partial charge in [-0.3, -0.25) is 18.7 Å². The molecule has 2 N–H and O–H groups in total. The molecule has 5 rings (SSSR count). The van der Waals surface area contributed by atoms with Gasteiger partial charge in [-0.25, -0.2) is 4.79 Å². The number of piperidine rings is 1. The van der Waals surface area contributed by atoms with Crippen LogP contribution in [0, 0.1) is 0 Å². The lowest BCUT2D eigenvalue weighted by molar-refractivity contribution is 0.0967. The van der Waals surface area contributed by atoms with E-state index in [1.165, 1.54) is 4.57 Å². The molecular formula is C29H38N6O3. The number of carbonyl (C=O) groups excluding carboxylic acids is 1. The number of allylic oxidation sites excluding steroid dienone is 2. The molecule has 3 aromatic rings. The number of aryl methyl sites for hydroxylation is 1. The molecule has 1 aromatic carbocycles. The Kier molecular flexibility index (Phi) is 7.38. The maximum absolute atomic E-state index is 13.9. The zero-order chi connectivity index (χ0) is 27.0. The number of hydrogen-bond donors (Lipinski definition) is 1. The molecule has 1 aliphatic carbocycles. The molecule has 2 aromatic heterocycles. The zero-order valence-corrected chi connectivity index (χ0v) is 22.7. The molecule has 38 heavy (non-hydrogen) atoms. The first kappa shape index (κ1) is 26.2. The quantitative estimate of drug-likeness (QED) is 0.380. The van der Waals surface area contributed by atoms with Gasteiger partial charge in [0.25, 0.3) is 5.56 Å². The Bertz CT molecular complexity index is 1500. The summed E-state index contributed by atoms with van der Waals surface area (Å²) in [5, 5.41) is 0. The highest BCUT2D eigenvalue weighted by Crippen LogP contribution is 2.36. The van der Waals surface area contributed by atoms with Gasteiger partial charge in [0, 0.05) is 38.3 Å². The van der Waals surface area contributed by atoms with Crippen molar-refractivity contribution in [3.63, 3.8) is 0 Å². The van der Waals surface area contributed by atoms with Gasteiger partial charge in [0.1, 0.15) is 0 Å². The normalized spacial score (nSPS) is 18.3. The van der Waals surface area contributed by atoms with E-state index in [0.717, 1.165) is 60.8 Å². The molecule has 202 valence electrons. The molecule has 0 spiro atoms. The van der Waals surface area contributed by atoms with Gasteiger partial charge < -0.3 is 15.2 Å². The molecule has 0 amide bonds. The van der Waals surface area contributed by atoms with E-state index >= 15 is 0 Å². The fourth-order valence-corrected chi connectivity index (χ4v) is 5.95. The SMILES string of the molecule is CC(C)=CCn1c(N2CCCC(N)C2)nc2c1c(=O)n(CC(=O)c1ccccc1C1CCCC1)c(=O)n2C. The standard InChI is InChI=1S/C29H38N6O3/c1-19(2)14-16-34-25-26(31-28(34)33-15-8-11-21(30)17-33)32(3)29(38)35(27(25)37)18-24(36)23-13-7-6-12-22(23)20-9-4-5-10-20/h6-7,12-14,20-21H,4-5,8-11,15-18,30H2,1-3H3. The maximum Gasteiger partial charge on any atom is 0.332 e. The van der Waals surface area contributed by atoms with Gasteiger partial charge in [0.05, 0.1) is 6.54 Å². The molecule has 2 fully saturated rings. The third-order valence-corrected chi connectivity index (χ3v) is 7.99. The van der Waals surface area contributed by atoms with Crippen LogP contribution in [0.4, 0.5) is 5.95 Å². The largest absolute Gasteiger partial charge is 0.341 e. The van der Waals surface area contributed by atoms with E-state index in [9.17, 15) is 14.4 Å². The van der Waals surface area contributed by atoms with Gasteiger partial charge in [-0.15, -0.1) is 0 Å². The molecule has 9 nitrogen and oxygen atoms in total. The highest BCUT2D eigenvalue weighted by atomic mass is 16.2. The van der Waals surface area contributed by atoms with Crippen molar-refractivity contribution in [2.24, 2.45) is 12.8 Å². The Morgan fingerprint density at radius 3 is 2.53 bits per heavy atom. The number of ketones is 1. The van der Waals surface area contributed by atoms with Crippen molar-refractivity contribution in [3.05, 3.63) is 67.9 Å². The third-order valence-electron chi connectivity index (χ3n) is 7.99. The van der Waals surface area contributed by atoms with E-state index in [0.29, 0.717) is 41.7 Å². The zero-order valence-electron chi connectivity index (χ0n) is 22.7. The summed E-state index contributed by atoms with van der Waals surface area (Å²) >= 11 is 0. The van der Waals surface area contributed by atoms with Crippen molar-refractivity contribution < 1.29 is 4.79 Å². The van der Waals surface area contributed by atoms with Crippen LogP contribution < -0.4 is 21.9 Å². The summed E-state index contributed by atoms with van der Waals surface area (Å²) in [5.74, 6) is 0.764. The van der Waals surface area contributed by atoms with Gasteiger partial charge in [-0.1, -0.05) is 48.8 Å². The van der Waals surface area contributed by atoms with Crippen LogP contribution in [-0.4, -0.2) is 43.6 Å². The summed E-state index contributed by atoms with van der Waals surface area (Å²) in [6.07, 6.45) is 8.35. The third kappa shape index (κ3) is 4.87. The minimum atomic E-state index is -0.539. The number of hydrogen-bond acceptors (Lipinski definition) is 6. The van der Waals surface area contributed by atoms with Crippen LogP contribution >= 0.6 is 0 Å². The molecule has 1 aliphatic heterocycles. The van der Waals surface area contributed by atoms with Crippen LogP contribution in [0.15, 0.2) is 45.5 Å². The lowest BCUT2D eigenvalue weighted by Gasteiger charge is -2.31. The van der Waals surface area contributed by atoms with E-state index in [4.69, 9.17) is 10.7 Å². The first-order valence-electron chi connectivity index (χ1n) is 13.7. The number of anilines is 1. The minimum Gasteiger partial charge on any atom is -0.341 e. The number of benzene rings is 1. The monoisotopic (exact) mass is 518 g/mol. The Hall–Kier alpha value is -3.46. The van der Waals surface area contributed by atoms with Gasteiger partial charge in [-0.2, -0.15) is 4.98 Å². The summed E-state index contributed by atoms with van der Waals surface area (Å²) in [7, 11) is 1.61. The predicted molar refractivity (Wildman–Crippen MR) is 150 cm³/mol. The maximum atomic E-state index is 13.9. The molecule has 0 radical (unpaired) electrons. The Labute approximate surface area is 222 Å². The fourth-order valence-electron chi connectivity index (χ4n) is 5.95. The lowest BCUT2D eigenvalue weighted by atomic mass is 9.91. The molecule has 0 bridgehead atoms. The molecule has 2 aliphatic rings. The van der Waals surface area contributed by atoms with Gasteiger partial charge >= 0.3 is 5.69 Å². The number of fused-ring (bicyclic) bond motifs is 1. The van der Waals surface area contributed by atoms with Gasteiger partial charge in [0.2, 0.25) is 5.95 Å². The summed E-state index contributed by atoms with van der Waals surface area (Å²) in [4.78, 5) is 47.8. The topological polar surface area (TPSA) is 108 Å². The average molecular weight is 519 g/mol. The smallest absolute Gasteiger partial charge is 0.332 e. The van der Waals surface area contributed by atoms with E-state index in [1.54, 1.807) is 7.05 Å². The predicted octanol–water partition coefficient (Wildman–Crippen LogP) is 3.33. The molecule has 1 saturated carbocycles. The number of aromatic nitrogens is 4. The lowest BCUT2D eigenvalue weighted by Crippen LogP contribution is -2.44. The Morgan fingerprint density at radius 1 is 1.08 bits per heavy atom. The second-order valence-corrected chi connectivity index (χ2v) is 11.0. The number of nitrogens with two attached hydrogens (primary N) is 1. The minimum absolute atomic E-state index is 0.0264. The van der Waals surface area contributed by atoms with Crippen molar-refractivity contribution >= 4 is 22.9 Å². The second kappa shape index (κ2) is 10.7. The fraction of sp³-hybridized carbons (Fsp3) is 0.517. The van der Waals surface area contributed by atoms with Crippen molar-refractivity contribution in [2.45, 2.75) is 77.4 Å². The summed E-state index contributed by atoms with van der Waals surface area (Å²) in [5.41, 5.74) is 8.62. The molecule has 3 heterocycles. The first-order chi connectivity index (χ1) is 18.3. The van der Waals surface area contributed by atoms with Crippen LogP contribution in [0.25, 0.3) is 11.2 Å². The first-order valence-corrected chi connectivity index (χ1v) is 13.7. The van der Waals surface area contributed by atoms with Crippen molar-refractivity contribution in [2.75, 3.05) is 18.0 Å². The van der Waals surface area contributed by atoms with E-state index < -0.39 is 11.2 Å². The number of nitrogens with zero attached hydrogens (tertiary/aromatic N) is 5. The highest BCUT2D eigenvalue weighted by molar-refractivity contribution is 5.97. The average Bonchev–Trinajstić information content (AvgIpc) is 3.57. The molecule has 1 atom stereocenters. The van der Waals surface area contributed by atoms with Crippen molar-refractivity contribution in [1.29, 1.82) is 0 Å². The highest BCUT2D eigenvalue weighted by Gasteiger charge is 2.27. The number of rotatable bonds is 7. The van der Waals surface area contributed by atoms with Crippen molar-refractivity contribution in [3.8, 4) is 0 Å². The number of imidazole rings is 1. The summed E-state index contributed by atoms with van der Waals surface area (Å²) < 4.78 is 4.33. The van der Waals surface area contributed by atoms with Crippen LogP contribution in [0.3, 0.4) is 0 Å². The van der Waals surface area contributed by atoms with Crippen LogP contribution in [0.1, 0.15) is 74.2 Å². The van der Waals surface area contributed by atoms with Crippen LogP contribution in [0.5, 0.6) is 0 Å². The Balaban J connectivity index is 1.61. The number of carbonyl (C=O) groups is 1. The second-order valence-electron chi connectivity index (χ2n) is 11.0. The van der Waals surface area contributed by atoms with Gasteiger partial charge in [-0.05, 0) is 51.0 Å². The number of Topliss-reactive ketones (excluding diaryl/α,β-unsaturated/α-hetero) is 1.